The number of carbonyl (C=O) groups excluding carboxylic acids is 3. The van der Waals surface area contributed by atoms with E-state index in [-0.39, 0.29) is 12.8 Å². The van der Waals surface area contributed by atoms with Crippen LogP contribution in [0, 0.1) is 6.92 Å². The molecule has 1 aromatic carbocycles. The second kappa shape index (κ2) is 17.0. The van der Waals surface area contributed by atoms with Gasteiger partial charge in [-0.2, -0.15) is 0 Å². The van der Waals surface area contributed by atoms with E-state index in [2.05, 4.69) is 25.5 Å². The van der Waals surface area contributed by atoms with Gasteiger partial charge in [-0.3, -0.25) is 19.2 Å². The van der Waals surface area contributed by atoms with Gasteiger partial charge in [-0.1, -0.05) is 24.3 Å². The Morgan fingerprint density at radius 3 is 2.23 bits per heavy atom. The van der Waals surface area contributed by atoms with Crippen molar-refractivity contribution < 1.29 is 29.4 Å². The van der Waals surface area contributed by atoms with E-state index in [1.165, 1.54) is 6.92 Å². The van der Waals surface area contributed by atoms with Crippen LogP contribution >= 0.6 is 0 Å². The molecule has 220 valence electrons. The third-order valence-corrected chi connectivity index (χ3v) is 6.57. The minimum absolute atomic E-state index is 0.0144. The van der Waals surface area contributed by atoms with Crippen LogP contribution in [0.3, 0.4) is 0 Å². The van der Waals surface area contributed by atoms with Crippen LogP contribution in [0.15, 0.2) is 36.7 Å². The summed E-state index contributed by atoms with van der Waals surface area (Å²) in [5.74, 6) is -2.08. The first-order valence-electron chi connectivity index (χ1n) is 13.6. The average Bonchev–Trinajstić information content (AvgIpc) is 3.34. The standard InChI is InChI=1S/C28H42N6O6/c1-19(28(39)40)31-26(37)23(8-3-5-13-29)33-27(38)24(18-35)32-25(36)17-22-11-9-21(10-12-22)7-4-6-15-34-16-14-30-20(34)2/h9-12,14,16,19,23-24,35H,3-8,13,15,17-18,29H2,1-2H3,(H,31,37)(H,32,36)(H,33,38)(H,39,40)/t19-,23-,24-/m0/s1. The number of aryl methyl sites for hydroxylation is 3. The van der Waals surface area contributed by atoms with Crippen molar-refractivity contribution in [2.45, 2.75) is 83.5 Å². The van der Waals surface area contributed by atoms with Gasteiger partial charge < -0.3 is 36.5 Å². The van der Waals surface area contributed by atoms with Gasteiger partial charge in [-0.05, 0) is 70.0 Å². The number of benzene rings is 1. The van der Waals surface area contributed by atoms with E-state index < -0.39 is 48.4 Å². The third-order valence-electron chi connectivity index (χ3n) is 6.57. The molecule has 0 bridgehead atoms. The number of carbonyl (C=O) groups is 4. The summed E-state index contributed by atoms with van der Waals surface area (Å²) in [6.07, 6.45) is 8.10. The van der Waals surface area contributed by atoms with Gasteiger partial charge in [0.15, 0.2) is 0 Å². The van der Waals surface area contributed by atoms with E-state index in [0.717, 1.165) is 42.8 Å². The Labute approximate surface area is 234 Å². The summed E-state index contributed by atoms with van der Waals surface area (Å²) in [6.45, 7) is 3.94. The summed E-state index contributed by atoms with van der Waals surface area (Å²) in [5, 5.41) is 26.2. The van der Waals surface area contributed by atoms with E-state index in [1.54, 1.807) is 6.20 Å². The quantitative estimate of drug-likeness (QED) is 0.142. The van der Waals surface area contributed by atoms with Crippen LogP contribution in [-0.2, 0) is 38.6 Å². The van der Waals surface area contributed by atoms with Crippen molar-refractivity contribution in [2.24, 2.45) is 5.73 Å². The summed E-state index contributed by atoms with van der Waals surface area (Å²) in [7, 11) is 0. The highest BCUT2D eigenvalue weighted by atomic mass is 16.4. The zero-order valence-corrected chi connectivity index (χ0v) is 23.3. The molecule has 1 heterocycles. The van der Waals surface area contributed by atoms with Gasteiger partial charge in [0.05, 0.1) is 13.0 Å². The van der Waals surface area contributed by atoms with Crippen LogP contribution in [-0.4, -0.2) is 74.7 Å². The molecule has 2 rings (SSSR count). The lowest BCUT2D eigenvalue weighted by molar-refractivity contribution is -0.141. The number of nitrogens with two attached hydrogens (primary N) is 1. The number of rotatable bonds is 18. The van der Waals surface area contributed by atoms with E-state index >= 15 is 0 Å². The van der Waals surface area contributed by atoms with Crippen molar-refractivity contribution in [2.75, 3.05) is 13.2 Å². The predicted octanol–water partition coefficient (Wildman–Crippen LogP) is 0.437. The number of unbranched alkanes of at least 4 members (excludes halogenated alkanes) is 2. The molecule has 0 aliphatic rings. The van der Waals surface area contributed by atoms with Crippen LogP contribution in [0.5, 0.6) is 0 Å². The molecule has 3 atom stereocenters. The maximum Gasteiger partial charge on any atom is 0.325 e. The second-order valence-corrected chi connectivity index (χ2v) is 9.84. The topological polar surface area (TPSA) is 189 Å². The van der Waals surface area contributed by atoms with Gasteiger partial charge in [0.2, 0.25) is 17.7 Å². The van der Waals surface area contributed by atoms with Gasteiger partial charge in [0, 0.05) is 18.9 Å². The fraction of sp³-hybridized carbons (Fsp3) is 0.536. The van der Waals surface area contributed by atoms with Gasteiger partial charge >= 0.3 is 5.97 Å². The van der Waals surface area contributed by atoms with Crippen LogP contribution in [0.4, 0.5) is 0 Å². The maximum atomic E-state index is 12.8. The molecule has 2 aromatic rings. The number of aliphatic hydroxyl groups excluding tert-OH is 1. The SMILES string of the molecule is Cc1nccn1CCCCc1ccc(CC(=O)N[C@@H](CO)C(=O)N[C@@H](CCCCN)C(=O)N[C@@H](C)C(=O)O)cc1. The molecule has 12 nitrogen and oxygen atoms in total. The third kappa shape index (κ3) is 11.1. The number of carboxylic acids is 1. The van der Waals surface area contributed by atoms with Crippen molar-refractivity contribution in [1.82, 2.24) is 25.5 Å². The fourth-order valence-corrected chi connectivity index (χ4v) is 4.11. The monoisotopic (exact) mass is 558 g/mol. The largest absolute Gasteiger partial charge is 0.480 e. The van der Waals surface area contributed by atoms with Crippen molar-refractivity contribution in [3.63, 3.8) is 0 Å². The Kier molecular flexibility index (Phi) is 13.8. The molecule has 0 aliphatic heterocycles. The highest BCUT2D eigenvalue weighted by molar-refractivity contribution is 5.93. The molecule has 0 radical (unpaired) electrons. The molecule has 0 unspecified atom stereocenters. The summed E-state index contributed by atoms with van der Waals surface area (Å²) < 4.78 is 2.12. The van der Waals surface area contributed by atoms with Crippen LogP contribution < -0.4 is 21.7 Å². The molecule has 0 spiro atoms. The number of hydrogen-bond acceptors (Lipinski definition) is 7. The van der Waals surface area contributed by atoms with E-state index in [4.69, 9.17) is 10.8 Å². The second-order valence-electron chi connectivity index (χ2n) is 9.84. The van der Waals surface area contributed by atoms with Gasteiger partial charge in [0.25, 0.3) is 0 Å². The fourth-order valence-electron chi connectivity index (χ4n) is 4.11. The summed E-state index contributed by atoms with van der Waals surface area (Å²) in [5.41, 5.74) is 7.43. The number of imidazole rings is 1. The summed E-state index contributed by atoms with van der Waals surface area (Å²) >= 11 is 0. The zero-order chi connectivity index (χ0) is 29.5. The number of hydrogen-bond donors (Lipinski definition) is 6. The minimum Gasteiger partial charge on any atom is -0.480 e. The van der Waals surface area contributed by atoms with E-state index in [9.17, 15) is 24.3 Å². The smallest absolute Gasteiger partial charge is 0.325 e. The first-order chi connectivity index (χ1) is 19.1. The van der Waals surface area contributed by atoms with Gasteiger partial charge in [-0.15, -0.1) is 0 Å². The normalized spacial score (nSPS) is 13.2. The summed E-state index contributed by atoms with van der Waals surface area (Å²) in [4.78, 5) is 53.3. The highest BCUT2D eigenvalue weighted by Gasteiger charge is 2.27. The van der Waals surface area contributed by atoms with Crippen molar-refractivity contribution in [3.05, 3.63) is 53.6 Å². The van der Waals surface area contributed by atoms with Crippen LogP contribution in [0.2, 0.25) is 0 Å². The number of nitrogens with one attached hydrogen (secondary N) is 3. The van der Waals surface area contributed by atoms with Crippen molar-refractivity contribution in [3.8, 4) is 0 Å². The lowest BCUT2D eigenvalue weighted by Crippen LogP contribution is -2.56. The number of amides is 3. The Hall–Kier alpha value is -3.77. The number of aliphatic carboxylic acids is 1. The number of carboxylic acid groups (broad SMARTS) is 1. The maximum absolute atomic E-state index is 12.8. The van der Waals surface area contributed by atoms with Crippen LogP contribution in [0.25, 0.3) is 0 Å². The first kappa shape index (κ1) is 32.4. The van der Waals surface area contributed by atoms with Crippen molar-refractivity contribution >= 4 is 23.7 Å². The van der Waals surface area contributed by atoms with Gasteiger partial charge in [0.1, 0.15) is 23.9 Å². The van der Waals surface area contributed by atoms with E-state index in [0.29, 0.717) is 19.4 Å². The first-order valence-corrected chi connectivity index (χ1v) is 13.6. The molecule has 40 heavy (non-hydrogen) atoms. The Morgan fingerprint density at radius 1 is 0.950 bits per heavy atom. The summed E-state index contributed by atoms with van der Waals surface area (Å²) in [6, 6.07) is 4.23. The molecular formula is C28H42N6O6. The van der Waals surface area contributed by atoms with Crippen molar-refractivity contribution in [1.29, 1.82) is 0 Å². The Morgan fingerprint density at radius 2 is 1.62 bits per heavy atom. The Bertz CT molecular complexity index is 1100. The number of aliphatic hydroxyl groups is 1. The van der Waals surface area contributed by atoms with Crippen LogP contribution in [0.1, 0.15) is 56.0 Å². The highest BCUT2D eigenvalue weighted by Crippen LogP contribution is 2.10. The molecule has 12 heteroatoms. The molecule has 0 saturated carbocycles. The number of nitrogens with zero attached hydrogens (tertiary/aromatic N) is 2. The Balaban J connectivity index is 1.85. The predicted molar refractivity (Wildman–Crippen MR) is 149 cm³/mol. The average molecular weight is 559 g/mol. The number of aromatic nitrogens is 2. The molecule has 0 aliphatic carbocycles. The molecule has 0 saturated heterocycles. The van der Waals surface area contributed by atoms with E-state index in [1.807, 2.05) is 37.4 Å². The van der Waals surface area contributed by atoms with Gasteiger partial charge in [-0.25, -0.2) is 4.98 Å². The minimum atomic E-state index is -1.27. The molecular weight excluding hydrogens is 516 g/mol. The lowest BCUT2D eigenvalue weighted by atomic mass is 10.0. The zero-order valence-electron chi connectivity index (χ0n) is 23.3. The molecule has 7 N–H and O–H groups in total. The molecule has 1 aromatic heterocycles. The lowest BCUT2D eigenvalue weighted by Gasteiger charge is -2.23. The molecule has 0 fully saturated rings. The molecule has 3 amide bonds.